The van der Waals surface area contributed by atoms with E-state index in [0.29, 0.717) is 33.9 Å². The first-order valence-corrected chi connectivity index (χ1v) is 11.8. The van der Waals surface area contributed by atoms with Crippen LogP contribution in [0, 0.1) is 6.92 Å². The number of rotatable bonds is 7. The van der Waals surface area contributed by atoms with E-state index in [-0.39, 0.29) is 30.9 Å². The van der Waals surface area contributed by atoms with E-state index in [4.69, 9.17) is 14.2 Å². The topological polar surface area (TPSA) is 100 Å². The van der Waals surface area contributed by atoms with Crippen LogP contribution in [0.4, 0.5) is 24.8 Å². The van der Waals surface area contributed by atoms with Crippen molar-refractivity contribution in [2.45, 2.75) is 20.0 Å². The fourth-order valence-corrected chi connectivity index (χ4v) is 3.89. The van der Waals surface area contributed by atoms with Crippen LogP contribution in [-0.2, 0) is 15.7 Å². The van der Waals surface area contributed by atoms with Crippen molar-refractivity contribution >= 4 is 23.7 Å². The highest BCUT2D eigenvalue weighted by Gasteiger charge is 2.35. The summed E-state index contributed by atoms with van der Waals surface area (Å²) in [5, 5.41) is 6.85. The lowest BCUT2D eigenvalue weighted by atomic mass is 10.0. The highest BCUT2D eigenvalue weighted by molar-refractivity contribution is 5.87. The molecule has 0 atom stereocenters. The lowest BCUT2D eigenvalue weighted by molar-refractivity contribution is -0.141. The predicted molar refractivity (Wildman–Crippen MR) is 136 cm³/mol. The number of carbonyl (C=O) groups is 1. The third kappa shape index (κ3) is 5.69. The molecule has 0 radical (unpaired) electrons. The molecular formula is C27H22F3N5O4. The summed E-state index contributed by atoms with van der Waals surface area (Å²) in [4.78, 5) is 20.7. The van der Waals surface area contributed by atoms with Crippen LogP contribution in [0.15, 0.2) is 60.8 Å². The molecule has 9 nitrogen and oxygen atoms in total. The lowest BCUT2D eigenvalue weighted by Gasteiger charge is -2.13. The molecule has 39 heavy (non-hydrogen) atoms. The molecule has 1 N–H and O–H groups in total. The van der Waals surface area contributed by atoms with Crippen LogP contribution in [0.3, 0.4) is 0 Å². The van der Waals surface area contributed by atoms with Gasteiger partial charge in [0.25, 0.3) is 0 Å². The first kappa shape index (κ1) is 25.8. The van der Waals surface area contributed by atoms with E-state index >= 15 is 0 Å². The van der Waals surface area contributed by atoms with E-state index in [1.165, 1.54) is 19.2 Å². The van der Waals surface area contributed by atoms with Gasteiger partial charge in [-0.15, -0.1) is 0 Å². The smallest absolute Gasteiger partial charge is 0.435 e. The van der Waals surface area contributed by atoms with Crippen molar-refractivity contribution < 1.29 is 32.2 Å². The molecule has 0 fully saturated rings. The molecule has 2 aromatic carbocycles. The number of nitrogens with zero attached hydrogens (tertiary/aromatic N) is 4. The molecule has 12 heteroatoms. The maximum atomic E-state index is 13.5. The van der Waals surface area contributed by atoms with Crippen LogP contribution >= 0.6 is 0 Å². The maximum absolute atomic E-state index is 13.5. The number of benzene rings is 2. The Balaban J connectivity index is 1.56. The molecule has 0 amide bonds. The van der Waals surface area contributed by atoms with E-state index < -0.39 is 17.8 Å². The molecule has 2 aromatic heterocycles. The molecule has 0 saturated heterocycles. The zero-order valence-corrected chi connectivity index (χ0v) is 20.8. The fourth-order valence-electron chi connectivity index (χ4n) is 3.89. The van der Waals surface area contributed by atoms with Gasteiger partial charge in [-0.1, -0.05) is 18.2 Å². The number of aryl methyl sites for hydroxylation is 1. The molecular weight excluding hydrogens is 515 g/mol. The van der Waals surface area contributed by atoms with Crippen LogP contribution in [0.2, 0.25) is 0 Å². The second kappa shape index (κ2) is 10.5. The Kier molecular flexibility index (Phi) is 6.92. The van der Waals surface area contributed by atoms with Crippen LogP contribution in [0.25, 0.3) is 23.0 Å². The van der Waals surface area contributed by atoms with E-state index in [1.807, 2.05) is 0 Å². The number of hydrogen-bond acceptors (Lipinski definition) is 8. The summed E-state index contributed by atoms with van der Waals surface area (Å²) in [6, 6.07) is 13.2. The number of alkyl halides is 3. The van der Waals surface area contributed by atoms with Crippen molar-refractivity contribution in [1.29, 1.82) is 0 Å². The number of ether oxygens (including phenoxy) is 3. The fraction of sp³-hybridized carbons (Fsp3) is 0.185. The number of anilines is 2. The van der Waals surface area contributed by atoms with E-state index in [2.05, 4.69) is 20.4 Å². The average molecular weight is 537 g/mol. The third-order valence-corrected chi connectivity index (χ3v) is 5.67. The molecule has 0 saturated carbocycles. The summed E-state index contributed by atoms with van der Waals surface area (Å²) < 4.78 is 57.2. The van der Waals surface area contributed by atoms with Gasteiger partial charge in [0.15, 0.2) is 23.0 Å². The van der Waals surface area contributed by atoms with Crippen molar-refractivity contribution in [2.24, 2.45) is 0 Å². The van der Waals surface area contributed by atoms with E-state index in [9.17, 15) is 18.0 Å². The van der Waals surface area contributed by atoms with Gasteiger partial charge in [0.2, 0.25) is 12.7 Å². The normalized spacial score (nSPS) is 12.6. The standard InChI is InChI=1S/C27H22F3N5O4/c1-3-37-24(36)10-7-17-5-4-6-18(12-17)20-14-31-26(32-19-8-9-21-22(13-19)39-15-38-21)33-25(20)35-16(2)11-23(34-35)27(28,29)30/h4-14H,3,15H2,1-2H3,(H,31,32,33). The van der Waals surface area contributed by atoms with Crippen LogP contribution < -0.4 is 14.8 Å². The van der Waals surface area contributed by atoms with Gasteiger partial charge in [0.1, 0.15) is 0 Å². The van der Waals surface area contributed by atoms with Crippen molar-refractivity contribution in [2.75, 3.05) is 18.7 Å². The maximum Gasteiger partial charge on any atom is 0.435 e. The molecule has 4 aromatic rings. The molecule has 5 rings (SSSR count). The van der Waals surface area contributed by atoms with Crippen molar-refractivity contribution in [3.8, 4) is 28.4 Å². The monoisotopic (exact) mass is 537 g/mol. The van der Waals surface area contributed by atoms with Gasteiger partial charge < -0.3 is 19.5 Å². The summed E-state index contributed by atoms with van der Waals surface area (Å²) in [7, 11) is 0. The Hall–Kier alpha value is -4.87. The summed E-state index contributed by atoms with van der Waals surface area (Å²) >= 11 is 0. The zero-order chi connectivity index (χ0) is 27.6. The minimum atomic E-state index is -4.63. The van der Waals surface area contributed by atoms with Gasteiger partial charge in [0.05, 0.1) is 6.61 Å². The SMILES string of the molecule is CCOC(=O)C=Cc1cccc(-c2cnc(Nc3ccc4c(c3)OCO4)nc2-n2nc(C(F)(F)F)cc2C)c1. The number of carbonyl (C=O) groups excluding carboxylic acids is 1. The summed E-state index contributed by atoms with van der Waals surface area (Å²) in [6.45, 7) is 3.58. The van der Waals surface area contributed by atoms with Crippen molar-refractivity contribution in [3.63, 3.8) is 0 Å². The Morgan fingerprint density at radius 1 is 1.15 bits per heavy atom. The second-order valence-electron chi connectivity index (χ2n) is 8.42. The summed E-state index contributed by atoms with van der Waals surface area (Å²) in [5.41, 5.74) is 1.49. The first-order valence-electron chi connectivity index (χ1n) is 11.8. The minimum absolute atomic E-state index is 0.113. The van der Waals surface area contributed by atoms with Gasteiger partial charge in [-0.2, -0.15) is 23.3 Å². The number of hydrogen-bond donors (Lipinski definition) is 1. The number of halogens is 3. The largest absolute Gasteiger partial charge is 0.463 e. The number of esters is 1. The zero-order valence-electron chi connectivity index (χ0n) is 20.8. The second-order valence-corrected chi connectivity index (χ2v) is 8.42. The number of fused-ring (bicyclic) bond motifs is 1. The molecule has 1 aliphatic rings. The summed E-state index contributed by atoms with van der Waals surface area (Å²) in [5.74, 6) is 0.920. The van der Waals surface area contributed by atoms with E-state index in [0.717, 1.165) is 10.7 Å². The third-order valence-electron chi connectivity index (χ3n) is 5.67. The summed E-state index contributed by atoms with van der Waals surface area (Å²) in [6.07, 6.45) is -0.251. The van der Waals surface area contributed by atoms with E-state index in [1.54, 1.807) is 55.5 Å². The van der Waals surface area contributed by atoms with Gasteiger partial charge >= 0.3 is 12.1 Å². The highest BCUT2D eigenvalue weighted by atomic mass is 19.4. The van der Waals surface area contributed by atoms with Gasteiger partial charge in [-0.3, -0.25) is 0 Å². The molecule has 0 aliphatic carbocycles. The van der Waals surface area contributed by atoms with Gasteiger partial charge in [0, 0.05) is 35.3 Å². The number of aromatic nitrogens is 4. The highest BCUT2D eigenvalue weighted by Crippen LogP contribution is 2.36. The van der Waals surface area contributed by atoms with Gasteiger partial charge in [-0.25, -0.2) is 14.5 Å². The average Bonchev–Trinajstić information content (AvgIpc) is 3.54. The molecule has 0 spiro atoms. The molecule has 0 unspecified atom stereocenters. The van der Waals surface area contributed by atoms with Crippen LogP contribution in [0.1, 0.15) is 23.9 Å². The molecule has 200 valence electrons. The number of nitrogens with one attached hydrogen (secondary N) is 1. The Morgan fingerprint density at radius 3 is 2.74 bits per heavy atom. The molecule has 3 heterocycles. The van der Waals surface area contributed by atoms with Crippen molar-refractivity contribution in [3.05, 3.63) is 77.8 Å². The minimum Gasteiger partial charge on any atom is -0.463 e. The first-order chi connectivity index (χ1) is 18.7. The molecule has 1 aliphatic heterocycles. The van der Waals surface area contributed by atoms with Gasteiger partial charge in [-0.05, 0) is 55.3 Å². The molecule has 0 bridgehead atoms. The lowest BCUT2D eigenvalue weighted by Crippen LogP contribution is -2.10. The Morgan fingerprint density at radius 2 is 1.97 bits per heavy atom. The quantitative estimate of drug-likeness (QED) is 0.237. The van der Waals surface area contributed by atoms with Crippen LogP contribution in [-0.4, -0.2) is 39.1 Å². The predicted octanol–water partition coefficient (Wildman–Crippen LogP) is 5.71. The van der Waals surface area contributed by atoms with Crippen molar-refractivity contribution in [1.82, 2.24) is 19.7 Å². The Bertz CT molecular complexity index is 1570. The van der Waals surface area contributed by atoms with Crippen LogP contribution in [0.5, 0.6) is 11.5 Å². The Labute approximate surface area is 220 Å².